The number of nitrogens with one attached hydrogen (secondary N) is 1. The molecule has 0 saturated heterocycles. The minimum Gasteiger partial charge on any atom is -0.505 e. The Morgan fingerprint density at radius 1 is 1.12 bits per heavy atom. The van der Waals surface area contributed by atoms with Gasteiger partial charge in [-0.05, 0) is 36.8 Å². The Hall–Kier alpha value is -2.23. The van der Waals surface area contributed by atoms with Crippen molar-refractivity contribution in [3.8, 4) is 5.75 Å². The minimum atomic E-state index is -0.640. The van der Waals surface area contributed by atoms with Crippen LogP contribution in [0.4, 0.5) is 21.5 Å². The molecule has 0 aromatic heterocycles. The van der Waals surface area contributed by atoms with Crippen LogP contribution in [-0.2, 0) is 0 Å². The lowest BCUT2D eigenvalue weighted by molar-refractivity contribution is 0.433. The van der Waals surface area contributed by atoms with E-state index in [1.807, 2.05) is 19.1 Å². The summed E-state index contributed by atoms with van der Waals surface area (Å²) in [6.45, 7) is 1.92. The van der Waals surface area contributed by atoms with E-state index >= 15 is 0 Å². The number of aryl methyl sites for hydroxylation is 1. The van der Waals surface area contributed by atoms with Crippen LogP contribution >= 0.6 is 0 Å². The van der Waals surface area contributed by atoms with Crippen molar-refractivity contribution in [2.24, 2.45) is 0 Å². The van der Waals surface area contributed by atoms with Gasteiger partial charge in [-0.2, -0.15) is 0 Å². The number of halogens is 1. The van der Waals surface area contributed by atoms with Crippen LogP contribution in [0.25, 0.3) is 0 Å². The van der Waals surface area contributed by atoms with Crippen LogP contribution in [0.5, 0.6) is 5.75 Å². The Morgan fingerprint density at radius 3 is 2.41 bits per heavy atom. The molecule has 0 atom stereocenters. The second-order valence-electron chi connectivity index (χ2n) is 3.86. The lowest BCUT2D eigenvalue weighted by Crippen LogP contribution is -1.94. The summed E-state index contributed by atoms with van der Waals surface area (Å²) in [5.41, 5.74) is 8.85. The average Bonchev–Trinajstić information content (AvgIpc) is 2.29. The average molecular weight is 232 g/mol. The summed E-state index contributed by atoms with van der Waals surface area (Å²) >= 11 is 0. The summed E-state index contributed by atoms with van der Waals surface area (Å²) < 4.78 is 12.9. The van der Waals surface area contributed by atoms with Gasteiger partial charge in [-0.3, -0.25) is 0 Å². The molecule has 0 unspecified atom stereocenters. The molecule has 0 saturated carbocycles. The minimum absolute atomic E-state index is 0.380. The highest BCUT2D eigenvalue weighted by atomic mass is 19.1. The Balaban J connectivity index is 2.25. The molecule has 0 amide bonds. The first-order valence-electron chi connectivity index (χ1n) is 5.18. The van der Waals surface area contributed by atoms with Crippen LogP contribution in [0.2, 0.25) is 0 Å². The molecule has 0 aliphatic heterocycles. The first-order chi connectivity index (χ1) is 8.06. The van der Waals surface area contributed by atoms with Crippen molar-refractivity contribution in [3.63, 3.8) is 0 Å². The zero-order valence-electron chi connectivity index (χ0n) is 9.37. The monoisotopic (exact) mass is 232 g/mol. The summed E-state index contributed by atoms with van der Waals surface area (Å²) in [6.07, 6.45) is 0. The molecular formula is C13H13FN2O. The van der Waals surface area contributed by atoms with Gasteiger partial charge in [0.15, 0.2) is 11.6 Å². The molecule has 2 aromatic carbocycles. The van der Waals surface area contributed by atoms with Gasteiger partial charge < -0.3 is 16.2 Å². The number of aromatic hydroxyl groups is 1. The van der Waals surface area contributed by atoms with E-state index in [1.165, 1.54) is 12.1 Å². The molecule has 0 fully saturated rings. The quantitative estimate of drug-likeness (QED) is 0.697. The summed E-state index contributed by atoms with van der Waals surface area (Å²) in [6, 6.07) is 9.62. The summed E-state index contributed by atoms with van der Waals surface area (Å²) in [5.74, 6) is -1.02. The van der Waals surface area contributed by atoms with Gasteiger partial charge in [-0.15, -0.1) is 0 Å². The van der Waals surface area contributed by atoms with Gasteiger partial charge >= 0.3 is 0 Å². The van der Waals surface area contributed by atoms with E-state index < -0.39 is 5.82 Å². The number of hydrogen-bond acceptors (Lipinski definition) is 3. The maximum atomic E-state index is 12.9. The van der Waals surface area contributed by atoms with Gasteiger partial charge in [0.1, 0.15) is 0 Å². The highest BCUT2D eigenvalue weighted by Crippen LogP contribution is 2.25. The second-order valence-corrected chi connectivity index (χ2v) is 3.86. The van der Waals surface area contributed by atoms with Crippen LogP contribution < -0.4 is 11.1 Å². The van der Waals surface area contributed by atoms with E-state index in [4.69, 9.17) is 5.73 Å². The van der Waals surface area contributed by atoms with Gasteiger partial charge in [0.2, 0.25) is 0 Å². The number of phenols is 1. The van der Waals surface area contributed by atoms with E-state index in [9.17, 15) is 9.50 Å². The smallest absolute Gasteiger partial charge is 0.164 e. The molecule has 3 nitrogen and oxygen atoms in total. The lowest BCUT2D eigenvalue weighted by atomic mass is 10.2. The number of anilines is 3. The molecular weight excluding hydrogens is 219 g/mol. The topological polar surface area (TPSA) is 58.3 Å². The normalized spacial score (nSPS) is 10.2. The molecule has 17 heavy (non-hydrogen) atoms. The Kier molecular flexibility index (Phi) is 2.87. The Morgan fingerprint density at radius 2 is 1.76 bits per heavy atom. The van der Waals surface area contributed by atoms with E-state index in [2.05, 4.69) is 5.32 Å². The van der Waals surface area contributed by atoms with Crippen LogP contribution in [0.15, 0.2) is 36.4 Å². The fourth-order valence-corrected chi connectivity index (χ4v) is 1.48. The molecule has 0 radical (unpaired) electrons. The number of nitrogens with two attached hydrogens (primary N) is 1. The molecule has 0 aliphatic rings. The van der Waals surface area contributed by atoms with E-state index in [0.717, 1.165) is 11.3 Å². The SMILES string of the molecule is Cc1ccc(Nc2ccc(F)c(O)c2)cc1N. The molecule has 0 aliphatic carbocycles. The van der Waals surface area contributed by atoms with Gasteiger partial charge in [-0.25, -0.2) is 4.39 Å². The van der Waals surface area contributed by atoms with Gasteiger partial charge in [-0.1, -0.05) is 6.07 Å². The predicted octanol–water partition coefficient (Wildman–Crippen LogP) is 3.17. The molecule has 88 valence electrons. The first kappa shape index (κ1) is 11.3. The third-order valence-electron chi connectivity index (χ3n) is 2.51. The van der Waals surface area contributed by atoms with Crippen molar-refractivity contribution in [1.82, 2.24) is 0 Å². The summed E-state index contributed by atoms with van der Waals surface area (Å²) in [7, 11) is 0. The van der Waals surface area contributed by atoms with Crippen molar-refractivity contribution in [3.05, 3.63) is 47.8 Å². The lowest BCUT2D eigenvalue weighted by Gasteiger charge is -2.09. The highest BCUT2D eigenvalue weighted by molar-refractivity contribution is 5.66. The first-order valence-corrected chi connectivity index (χ1v) is 5.18. The van der Waals surface area contributed by atoms with Crippen LogP contribution in [0, 0.1) is 12.7 Å². The van der Waals surface area contributed by atoms with Crippen LogP contribution in [0.1, 0.15) is 5.56 Å². The van der Waals surface area contributed by atoms with Crippen molar-refractivity contribution in [2.45, 2.75) is 6.92 Å². The standard InChI is InChI=1S/C13H13FN2O/c1-8-2-3-9(6-12(8)15)16-10-4-5-11(14)13(17)7-10/h2-7,16-17H,15H2,1H3. The van der Waals surface area contributed by atoms with Crippen LogP contribution in [0.3, 0.4) is 0 Å². The van der Waals surface area contributed by atoms with Crippen molar-refractivity contribution in [2.75, 3.05) is 11.1 Å². The zero-order valence-corrected chi connectivity index (χ0v) is 9.37. The Bertz CT molecular complexity index is 506. The third-order valence-corrected chi connectivity index (χ3v) is 2.51. The number of benzene rings is 2. The van der Waals surface area contributed by atoms with Gasteiger partial charge in [0, 0.05) is 23.1 Å². The predicted molar refractivity (Wildman–Crippen MR) is 66.9 cm³/mol. The van der Waals surface area contributed by atoms with Crippen LogP contribution in [-0.4, -0.2) is 5.11 Å². The van der Waals surface area contributed by atoms with E-state index in [1.54, 1.807) is 12.1 Å². The summed E-state index contributed by atoms with van der Waals surface area (Å²) in [5, 5.41) is 12.3. The molecule has 2 rings (SSSR count). The van der Waals surface area contributed by atoms with Crippen molar-refractivity contribution < 1.29 is 9.50 Å². The fraction of sp³-hybridized carbons (Fsp3) is 0.0769. The Labute approximate surface area is 98.7 Å². The number of phenolic OH excluding ortho intramolecular Hbond substituents is 1. The third kappa shape index (κ3) is 2.47. The molecule has 4 heteroatoms. The second kappa shape index (κ2) is 4.33. The maximum absolute atomic E-state index is 12.9. The van der Waals surface area contributed by atoms with Crippen molar-refractivity contribution in [1.29, 1.82) is 0 Å². The number of rotatable bonds is 2. The van der Waals surface area contributed by atoms with E-state index in [0.29, 0.717) is 11.4 Å². The fourth-order valence-electron chi connectivity index (χ4n) is 1.48. The number of hydrogen-bond donors (Lipinski definition) is 3. The van der Waals surface area contributed by atoms with E-state index in [-0.39, 0.29) is 5.75 Å². The molecule has 0 spiro atoms. The van der Waals surface area contributed by atoms with Crippen molar-refractivity contribution >= 4 is 17.1 Å². The molecule has 2 aromatic rings. The van der Waals surface area contributed by atoms with Gasteiger partial charge in [0.25, 0.3) is 0 Å². The largest absolute Gasteiger partial charge is 0.505 e. The number of nitrogen functional groups attached to an aromatic ring is 1. The molecule has 0 heterocycles. The van der Waals surface area contributed by atoms with Gasteiger partial charge in [0.05, 0.1) is 0 Å². The molecule has 4 N–H and O–H groups in total. The molecule has 0 bridgehead atoms. The zero-order chi connectivity index (χ0) is 12.4. The summed E-state index contributed by atoms with van der Waals surface area (Å²) in [4.78, 5) is 0. The maximum Gasteiger partial charge on any atom is 0.164 e. The highest BCUT2D eigenvalue weighted by Gasteiger charge is 2.02.